The van der Waals surface area contributed by atoms with Crippen LogP contribution in [-0.2, 0) is 29.0 Å². The molecule has 0 spiro atoms. The Bertz CT molecular complexity index is 913. The molecule has 1 aliphatic rings. The number of carbonyl (C=O) groups excluding carboxylic acids is 1. The van der Waals surface area contributed by atoms with Gasteiger partial charge in [0.15, 0.2) is 12.4 Å². The molecule has 3 atom stereocenters. The van der Waals surface area contributed by atoms with E-state index < -0.39 is 34.4 Å². The standard InChI is InChI=1S/C20H23NO6S/c1-14-9-11-16(12-10-14)28(23,24)21-13-17(25-2)27-19(20(22)26-3)18(21)15-7-5-4-6-8-15/h4-12,17-19H,13H2,1-3H3/t17-,18+,19+/m0/s1. The van der Waals surface area contributed by atoms with E-state index in [1.165, 1.54) is 18.5 Å². The van der Waals surface area contributed by atoms with E-state index in [4.69, 9.17) is 14.2 Å². The van der Waals surface area contributed by atoms with Gasteiger partial charge in [-0.1, -0.05) is 48.0 Å². The number of carbonyl (C=O) groups is 1. The van der Waals surface area contributed by atoms with Gasteiger partial charge in [0.2, 0.25) is 10.0 Å². The number of sulfonamides is 1. The Labute approximate surface area is 164 Å². The Balaban J connectivity index is 2.13. The zero-order valence-electron chi connectivity index (χ0n) is 15.9. The first kappa shape index (κ1) is 20.5. The Hall–Kier alpha value is -2.26. The van der Waals surface area contributed by atoms with Crippen LogP contribution in [0.4, 0.5) is 0 Å². The Morgan fingerprint density at radius 2 is 1.71 bits per heavy atom. The van der Waals surface area contributed by atoms with E-state index in [2.05, 4.69) is 0 Å². The van der Waals surface area contributed by atoms with E-state index in [0.717, 1.165) is 5.56 Å². The van der Waals surface area contributed by atoms with E-state index in [9.17, 15) is 13.2 Å². The van der Waals surface area contributed by atoms with Crippen molar-refractivity contribution < 1.29 is 27.4 Å². The lowest BCUT2D eigenvalue weighted by Gasteiger charge is -2.42. The number of hydrogen-bond acceptors (Lipinski definition) is 6. The molecular formula is C20H23NO6S. The highest BCUT2D eigenvalue weighted by Gasteiger charge is 2.47. The van der Waals surface area contributed by atoms with Gasteiger partial charge in [-0.05, 0) is 24.6 Å². The smallest absolute Gasteiger partial charge is 0.337 e. The third-order valence-corrected chi connectivity index (χ3v) is 6.55. The Morgan fingerprint density at radius 3 is 2.29 bits per heavy atom. The van der Waals surface area contributed by atoms with Crippen molar-refractivity contribution >= 4 is 16.0 Å². The third-order valence-electron chi connectivity index (χ3n) is 4.69. The first-order chi connectivity index (χ1) is 13.4. The molecule has 0 aliphatic carbocycles. The van der Waals surface area contributed by atoms with Gasteiger partial charge in [-0.3, -0.25) is 0 Å². The fourth-order valence-corrected chi connectivity index (χ4v) is 4.81. The van der Waals surface area contributed by atoms with Crippen molar-refractivity contribution in [2.75, 3.05) is 20.8 Å². The number of aryl methyl sites for hydroxylation is 1. The highest BCUT2D eigenvalue weighted by atomic mass is 32.2. The molecule has 2 aromatic rings. The molecule has 2 aromatic carbocycles. The fraction of sp³-hybridized carbons (Fsp3) is 0.350. The average Bonchev–Trinajstić information content (AvgIpc) is 2.73. The van der Waals surface area contributed by atoms with Crippen molar-refractivity contribution in [2.24, 2.45) is 0 Å². The summed E-state index contributed by atoms with van der Waals surface area (Å²) in [4.78, 5) is 12.6. The van der Waals surface area contributed by atoms with E-state index >= 15 is 0 Å². The molecule has 0 bridgehead atoms. The maximum atomic E-state index is 13.5. The highest BCUT2D eigenvalue weighted by molar-refractivity contribution is 7.89. The summed E-state index contributed by atoms with van der Waals surface area (Å²) in [7, 11) is -1.29. The number of methoxy groups -OCH3 is 2. The van der Waals surface area contributed by atoms with Crippen LogP contribution in [0.1, 0.15) is 17.2 Å². The number of esters is 1. The summed E-state index contributed by atoms with van der Waals surface area (Å²) >= 11 is 0. The van der Waals surface area contributed by atoms with Crippen molar-refractivity contribution in [1.29, 1.82) is 0 Å². The second-order valence-corrected chi connectivity index (χ2v) is 8.38. The minimum absolute atomic E-state index is 0.0558. The van der Waals surface area contributed by atoms with Crippen LogP contribution in [0, 0.1) is 6.92 Å². The van der Waals surface area contributed by atoms with Crippen molar-refractivity contribution in [3.63, 3.8) is 0 Å². The first-order valence-corrected chi connectivity index (χ1v) is 10.2. The number of benzene rings is 2. The number of nitrogens with zero attached hydrogens (tertiary/aromatic N) is 1. The lowest BCUT2D eigenvalue weighted by atomic mass is 10.00. The Morgan fingerprint density at radius 1 is 1.07 bits per heavy atom. The maximum absolute atomic E-state index is 13.5. The molecule has 1 fully saturated rings. The molecule has 0 unspecified atom stereocenters. The van der Waals surface area contributed by atoms with Crippen LogP contribution in [0.5, 0.6) is 0 Å². The molecule has 0 radical (unpaired) electrons. The number of morpholine rings is 1. The van der Waals surface area contributed by atoms with Crippen LogP contribution in [0.25, 0.3) is 0 Å². The van der Waals surface area contributed by atoms with E-state index in [1.807, 2.05) is 13.0 Å². The summed E-state index contributed by atoms with van der Waals surface area (Å²) in [5, 5.41) is 0. The van der Waals surface area contributed by atoms with Crippen molar-refractivity contribution in [1.82, 2.24) is 4.31 Å². The molecule has 1 saturated heterocycles. The molecule has 8 heteroatoms. The van der Waals surface area contributed by atoms with Gasteiger partial charge in [0.1, 0.15) is 0 Å². The third kappa shape index (κ3) is 3.95. The molecule has 0 aromatic heterocycles. The summed E-state index contributed by atoms with van der Waals surface area (Å²) in [6.07, 6.45) is -2.06. The van der Waals surface area contributed by atoms with Gasteiger partial charge < -0.3 is 14.2 Å². The SMILES string of the molecule is COC(=O)[C@@H]1O[C@H](OC)CN(S(=O)(=O)c2ccc(C)cc2)[C@@H]1c1ccccc1. The summed E-state index contributed by atoms with van der Waals surface area (Å²) in [5.74, 6) is -0.667. The predicted molar refractivity (Wildman–Crippen MR) is 102 cm³/mol. The van der Waals surface area contributed by atoms with Gasteiger partial charge in [0.05, 0.1) is 24.6 Å². The summed E-state index contributed by atoms with van der Waals surface area (Å²) < 4.78 is 44.0. The monoisotopic (exact) mass is 405 g/mol. The summed E-state index contributed by atoms with van der Waals surface area (Å²) in [6.45, 7) is 1.83. The topological polar surface area (TPSA) is 82.1 Å². The molecule has 150 valence electrons. The van der Waals surface area contributed by atoms with Crippen LogP contribution < -0.4 is 0 Å². The largest absolute Gasteiger partial charge is 0.467 e. The predicted octanol–water partition coefficient (Wildman–Crippen LogP) is 2.27. The molecular weight excluding hydrogens is 382 g/mol. The van der Waals surface area contributed by atoms with Crippen LogP contribution in [-0.4, -0.2) is 51.9 Å². The van der Waals surface area contributed by atoms with Crippen LogP contribution in [0.2, 0.25) is 0 Å². The molecule has 1 aliphatic heterocycles. The van der Waals surface area contributed by atoms with Gasteiger partial charge in [0.25, 0.3) is 0 Å². The lowest BCUT2D eigenvalue weighted by molar-refractivity contribution is -0.216. The molecule has 7 nitrogen and oxygen atoms in total. The molecule has 0 saturated carbocycles. The number of rotatable bonds is 5. The Kier molecular flexibility index (Phi) is 6.14. The van der Waals surface area contributed by atoms with Crippen molar-refractivity contribution in [2.45, 2.75) is 30.3 Å². The molecule has 0 amide bonds. The average molecular weight is 405 g/mol. The second-order valence-electron chi connectivity index (χ2n) is 6.49. The molecule has 28 heavy (non-hydrogen) atoms. The zero-order chi connectivity index (χ0) is 20.3. The lowest BCUT2D eigenvalue weighted by Crippen LogP contribution is -2.55. The molecule has 0 N–H and O–H groups in total. The van der Waals surface area contributed by atoms with Gasteiger partial charge in [-0.15, -0.1) is 0 Å². The highest BCUT2D eigenvalue weighted by Crippen LogP contribution is 2.36. The number of hydrogen-bond donors (Lipinski definition) is 0. The summed E-state index contributed by atoms with van der Waals surface area (Å²) in [5.41, 5.74) is 1.57. The maximum Gasteiger partial charge on any atom is 0.337 e. The normalized spacial score (nSPS) is 23.3. The minimum atomic E-state index is -3.93. The fourth-order valence-electron chi connectivity index (χ4n) is 3.21. The van der Waals surface area contributed by atoms with Crippen LogP contribution in [0.3, 0.4) is 0 Å². The zero-order valence-corrected chi connectivity index (χ0v) is 16.8. The van der Waals surface area contributed by atoms with Gasteiger partial charge >= 0.3 is 5.97 Å². The summed E-state index contributed by atoms with van der Waals surface area (Å²) in [6, 6.07) is 14.6. The first-order valence-electron chi connectivity index (χ1n) is 8.78. The molecule has 3 rings (SSSR count). The van der Waals surface area contributed by atoms with Gasteiger partial charge in [-0.2, -0.15) is 4.31 Å². The molecule has 1 heterocycles. The van der Waals surface area contributed by atoms with Gasteiger partial charge in [-0.25, -0.2) is 13.2 Å². The second kappa shape index (κ2) is 8.40. The van der Waals surface area contributed by atoms with Crippen LogP contribution >= 0.6 is 0 Å². The van der Waals surface area contributed by atoms with Crippen LogP contribution in [0.15, 0.2) is 59.5 Å². The quantitative estimate of drug-likeness (QED) is 0.710. The van der Waals surface area contributed by atoms with Gasteiger partial charge in [0, 0.05) is 7.11 Å². The number of ether oxygens (including phenoxy) is 3. The van der Waals surface area contributed by atoms with Crippen molar-refractivity contribution in [3.8, 4) is 0 Å². The minimum Gasteiger partial charge on any atom is -0.467 e. The van der Waals surface area contributed by atoms with E-state index in [1.54, 1.807) is 48.5 Å². The van der Waals surface area contributed by atoms with E-state index in [-0.39, 0.29) is 11.4 Å². The van der Waals surface area contributed by atoms with E-state index in [0.29, 0.717) is 5.56 Å². The van der Waals surface area contributed by atoms with Crippen molar-refractivity contribution in [3.05, 3.63) is 65.7 Å².